The molecule has 0 heterocycles. The summed E-state index contributed by atoms with van der Waals surface area (Å²) in [6, 6.07) is 6.49. The highest BCUT2D eigenvalue weighted by atomic mass is 16.3. The fourth-order valence-electron chi connectivity index (χ4n) is 1.17. The molecule has 1 amide bonds. The molecule has 0 bridgehead atoms. The zero-order chi connectivity index (χ0) is 12.7. The summed E-state index contributed by atoms with van der Waals surface area (Å²) in [6.07, 6.45) is 0.544. The highest BCUT2D eigenvalue weighted by molar-refractivity contribution is 5.72. The van der Waals surface area contributed by atoms with Crippen molar-refractivity contribution in [2.45, 2.75) is 13.3 Å². The van der Waals surface area contributed by atoms with Gasteiger partial charge in [0, 0.05) is 25.5 Å². The topological polar surface area (TPSA) is 73.1 Å². The number of rotatable bonds is 2. The molecule has 0 fully saturated rings. The van der Waals surface area contributed by atoms with Crippen LogP contribution < -0.4 is 5.32 Å². The average Bonchev–Trinajstić information content (AvgIpc) is 2.30. The van der Waals surface area contributed by atoms with Gasteiger partial charge in [-0.15, -0.1) is 0 Å². The van der Waals surface area contributed by atoms with Crippen molar-refractivity contribution in [3.8, 4) is 23.7 Å². The second kappa shape index (κ2) is 6.19. The molecule has 86 valence electrons. The summed E-state index contributed by atoms with van der Waals surface area (Å²) in [5, 5.41) is 20.6. The van der Waals surface area contributed by atoms with E-state index in [1.54, 1.807) is 6.07 Å². The van der Waals surface area contributed by atoms with Crippen LogP contribution in [0.2, 0.25) is 0 Å². The number of phenolic OH excluding ortho intramolecular Hbond substituents is 1. The van der Waals surface area contributed by atoms with Crippen LogP contribution in [0.3, 0.4) is 0 Å². The quantitative estimate of drug-likeness (QED) is 0.589. The van der Waals surface area contributed by atoms with E-state index in [4.69, 9.17) is 5.26 Å². The van der Waals surface area contributed by atoms with Crippen LogP contribution >= 0.6 is 0 Å². The minimum absolute atomic E-state index is 0.0451. The summed E-state index contributed by atoms with van der Waals surface area (Å²) >= 11 is 0. The number of phenols is 1. The molecular formula is C13H12N2O2. The van der Waals surface area contributed by atoms with E-state index in [1.165, 1.54) is 19.1 Å². The Balaban J connectivity index is 2.61. The minimum Gasteiger partial charge on any atom is -0.507 e. The van der Waals surface area contributed by atoms with Crippen LogP contribution in [0.25, 0.3) is 0 Å². The van der Waals surface area contributed by atoms with Crippen molar-refractivity contribution in [1.29, 1.82) is 5.26 Å². The van der Waals surface area contributed by atoms with E-state index in [0.29, 0.717) is 18.5 Å². The third-order valence-electron chi connectivity index (χ3n) is 1.97. The largest absolute Gasteiger partial charge is 0.507 e. The number of hydrogen-bond donors (Lipinski definition) is 2. The van der Waals surface area contributed by atoms with Gasteiger partial charge in [-0.1, -0.05) is 11.8 Å². The summed E-state index contributed by atoms with van der Waals surface area (Å²) in [7, 11) is 0. The van der Waals surface area contributed by atoms with Gasteiger partial charge in [0.25, 0.3) is 0 Å². The van der Waals surface area contributed by atoms with Gasteiger partial charge in [-0.3, -0.25) is 4.79 Å². The molecule has 0 aliphatic heterocycles. The predicted molar refractivity (Wildman–Crippen MR) is 63.0 cm³/mol. The zero-order valence-electron chi connectivity index (χ0n) is 9.45. The number of nitriles is 1. The highest BCUT2D eigenvalue weighted by Gasteiger charge is 1.99. The molecule has 1 aromatic rings. The Bertz CT molecular complexity index is 518. The molecule has 4 nitrogen and oxygen atoms in total. The molecule has 0 spiro atoms. The summed E-state index contributed by atoms with van der Waals surface area (Å²) in [6.45, 7) is 1.96. The standard InChI is InChI=1S/C13H12N2O2/c1-10(16)15-7-3-2-4-11-5-6-13(17)12(8-11)9-14/h5-6,8,17H,3,7H2,1H3,(H,15,16). The number of aromatic hydroxyl groups is 1. The molecule has 0 saturated carbocycles. The van der Waals surface area contributed by atoms with E-state index in [-0.39, 0.29) is 17.2 Å². The Hall–Kier alpha value is -2.46. The smallest absolute Gasteiger partial charge is 0.216 e. The first-order valence-corrected chi connectivity index (χ1v) is 5.10. The van der Waals surface area contributed by atoms with Crippen LogP contribution in [0.5, 0.6) is 5.75 Å². The first-order valence-electron chi connectivity index (χ1n) is 5.10. The van der Waals surface area contributed by atoms with Crippen LogP contribution in [0.4, 0.5) is 0 Å². The van der Waals surface area contributed by atoms with Crippen molar-refractivity contribution < 1.29 is 9.90 Å². The van der Waals surface area contributed by atoms with Crippen molar-refractivity contribution in [2.24, 2.45) is 0 Å². The van der Waals surface area contributed by atoms with Crippen LogP contribution in [-0.2, 0) is 4.79 Å². The Labute approximate surface area is 99.9 Å². The number of benzene rings is 1. The van der Waals surface area contributed by atoms with E-state index in [9.17, 15) is 9.90 Å². The molecule has 1 rings (SSSR count). The molecule has 0 aliphatic carbocycles. The van der Waals surface area contributed by atoms with Crippen molar-refractivity contribution >= 4 is 5.91 Å². The van der Waals surface area contributed by atoms with E-state index in [2.05, 4.69) is 17.2 Å². The van der Waals surface area contributed by atoms with Gasteiger partial charge in [-0.25, -0.2) is 0 Å². The van der Waals surface area contributed by atoms with E-state index < -0.39 is 0 Å². The Kier molecular flexibility index (Phi) is 4.59. The van der Waals surface area contributed by atoms with Crippen molar-refractivity contribution in [2.75, 3.05) is 6.54 Å². The lowest BCUT2D eigenvalue weighted by atomic mass is 10.1. The lowest BCUT2D eigenvalue weighted by Gasteiger charge is -1.96. The average molecular weight is 228 g/mol. The number of nitrogens with one attached hydrogen (secondary N) is 1. The first-order chi connectivity index (χ1) is 8.13. The lowest BCUT2D eigenvalue weighted by Crippen LogP contribution is -2.20. The molecule has 4 heteroatoms. The summed E-state index contributed by atoms with van der Waals surface area (Å²) < 4.78 is 0. The summed E-state index contributed by atoms with van der Waals surface area (Å²) in [5.74, 6) is 5.60. The molecule has 0 aliphatic rings. The van der Waals surface area contributed by atoms with Gasteiger partial charge in [-0.2, -0.15) is 5.26 Å². The molecule has 0 saturated heterocycles. The molecule has 2 N–H and O–H groups in total. The van der Waals surface area contributed by atoms with E-state index in [0.717, 1.165) is 0 Å². The lowest BCUT2D eigenvalue weighted by molar-refractivity contribution is -0.118. The molecule has 1 aromatic carbocycles. The number of hydrogen-bond acceptors (Lipinski definition) is 3. The van der Waals surface area contributed by atoms with Gasteiger partial charge < -0.3 is 10.4 Å². The Morgan fingerprint density at radius 2 is 2.29 bits per heavy atom. The van der Waals surface area contributed by atoms with Gasteiger partial charge in [-0.05, 0) is 18.2 Å². The van der Waals surface area contributed by atoms with Gasteiger partial charge in [0.15, 0.2) is 0 Å². The van der Waals surface area contributed by atoms with Gasteiger partial charge in [0.05, 0.1) is 5.56 Å². The maximum Gasteiger partial charge on any atom is 0.216 e. The summed E-state index contributed by atoms with van der Waals surface area (Å²) in [4.78, 5) is 10.6. The predicted octanol–water partition coefficient (Wildman–Crippen LogP) is 1.14. The van der Waals surface area contributed by atoms with Gasteiger partial charge in [0.2, 0.25) is 5.91 Å². The van der Waals surface area contributed by atoms with Gasteiger partial charge in [0.1, 0.15) is 11.8 Å². The SMILES string of the molecule is CC(=O)NCCC#Cc1ccc(O)c(C#N)c1. The van der Waals surface area contributed by atoms with Crippen molar-refractivity contribution in [3.05, 3.63) is 29.3 Å². The summed E-state index contributed by atoms with van der Waals surface area (Å²) in [5.41, 5.74) is 0.876. The maximum atomic E-state index is 10.6. The normalized spacial score (nSPS) is 8.71. The highest BCUT2D eigenvalue weighted by Crippen LogP contribution is 2.16. The first kappa shape index (κ1) is 12.6. The molecule has 0 radical (unpaired) electrons. The zero-order valence-corrected chi connectivity index (χ0v) is 9.45. The Morgan fingerprint density at radius 3 is 2.94 bits per heavy atom. The molecule has 0 atom stereocenters. The number of carbonyl (C=O) groups is 1. The van der Waals surface area contributed by atoms with Crippen LogP contribution in [0.15, 0.2) is 18.2 Å². The fourth-order valence-corrected chi connectivity index (χ4v) is 1.17. The van der Waals surface area contributed by atoms with Crippen molar-refractivity contribution in [3.63, 3.8) is 0 Å². The van der Waals surface area contributed by atoms with Crippen LogP contribution in [0.1, 0.15) is 24.5 Å². The fraction of sp³-hybridized carbons (Fsp3) is 0.231. The minimum atomic E-state index is -0.0804. The van der Waals surface area contributed by atoms with Crippen LogP contribution in [0, 0.1) is 23.2 Å². The second-order valence-corrected chi connectivity index (χ2v) is 3.38. The molecule has 0 aromatic heterocycles. The number of carbonyl (C=O) groups excluding carboxylic acids is 1. The van der Waals surface area contributed by atoms with E-state index >= 15 is 0 Å². The van der Waals surface area contributed by atoms with Crippen LogP contribution in [-0.4, -0.2) is 17.6 Å². The third kappa shape index (κ3) is 4.27. The monoisotopic (exact) mass is 228 g/mol. The van der Waals surface area contributed by atoms with Crippen molar-refractivity contribution in [1.82, 2.24) is 5.32 Å². The van der Waals surface area contributed by atoms with E-state index in [1.807, 2.05) is 6.07 Å². The maximum absolute atomic E-state index is 10.6. The number of amides is 1. The van der Waals surface area contributed by atoms with Gasteiger partial charge >= 0.3 is 0 Å². The molecular weight excluding hydrogens is 216 g/mol. The second-order valence-electron chi connectivity index (χ2n) is 3.38. The molecule has 17 heavy (non-hydrogen) atoms. The molecule has 0 unspecified atom stereocenters. The third-order valence-corrected chi connectivity index (χ3v) is 1.97. The Morgan fingerprint density at radius 1 is 1.53 bits per heavy atom. The number of nitrogens with zero attached hydrogens (tertiary/aromatic N) is 1.